The number of methoxy groups -OCH3 is 1. The maximum Gasteiger partial charge on any atom is 0.251 e. The van der Waals surface area contributed by atoms with Crippen molar-refractivity contribution in [3.05, 3.63) is 88.9 Å². The van der Waals surface area contributed by atoms with Crippen LogP contribution in [0.5, 0.6) is 11.5 Å². The molecule has 2 amide bonds. The van der Waals surface area contributed by atoms with E-state index in [0.29, 0.717) is 27.8 Å². The molecule has 0 heterocycles. The van der Waals surface area contributed by atoms with Crippen molar-refractivity contribution in [3.8, 4) is 11.5 Å². The van der Waals surface area contributed by atoms with Crippen LogP contribution >= 0.6 is 11.6 Å². The topological polar surface area (TPSA) is 76.7 Å². The second kappa shape index (κ2) is 10.3. The third kappa shape index (κ3) is 5.75. The minimum Gasteiger partial charge on any atom is -0.493 e. The Hall–Kier alpha value is -3.51. The van der Waals surface area contributed by atoms with Gasteiger partial charge in [-0.3, -0.25) is 9.59 Å². The third-order valence-electron chi connectivity index (χ3n) is 4.23. The fourth-order valence-electron chi connectivity index (χ4n) is 2.69. The molecule has 3 rings (SSSR count). The van der Waals surface area contributed by atoms with Gasteiger partial charge in [0.25, 0.3) is 5.91 Å². The first-order valence-electron chi connectivity index (χ1n) is 9.24. The highest BCUT2D eigenvalue weighted by Gasteiger charge is 2.13. The van der Waals surface area contributed by atoms with E-state index < -0.39 is 5.91 Å². The second-order valence-corrected chi connectivity index (χ2v) is 6.75. The Bertz CT molecular complexity index is 1020. The summed E-state index contributed by atoms with van der Waals surface area (Å²) in [5, 5.41) is 5.91. The first-order chi connectivity index (χ1) is 14.6. The molecule has 154 valence electrons. The quantitative estimate of drug-likeness (QED) is 0.565. The van der Waals surface area contributed by atoms with Crippen LogP contribution in [0.15, 0.2) is 72.8 Å². The summed E-state index contributed by atoms with van der Waals surface area (Å²) in [6.45, 7) is 0.113. The van der Waals surface area contributed by atoms with Crippen LogP contribution in [0.3, 0.4) is 0 Å². The number of amides is 2. The molecule has 2 N–H and O–H groups in total. The Balaban J connectivity index is 1.58. The number of para-hydroxylation sites is 1. The average molecular weight is 425 g/mol. The Morgan fingerprint density at radius 2 is 1.67 bits per heavy atom. The van der Waals surface area contributed by atoms with Gasteiger partial charge >= 0.3 is 0 Å². The second-order valence-electron chi connectivity index (χ2n) is 6.34. The van der Waals surface area contributed by atoms with Crippen LogP contribution in [0.4, 0.5) is 5.69 Å². The highest BCUT2D eigenvalue weighted by Crippen LogP contribution is 2.29. The van der Waals surface area contributed by atoms with Crippen molar-refractivity contribution in [1.82, 2.24) is 5.32 Å². The lowest BCUT2D eigenvalue weighted by Gasteiger charge is -2.13. The molecule has 0 spiro atoms. The molecular weight excluding hydrogens is 404 g/mol. The summed E-state index contributed by atoms with van der Waals surface area (Å²) in [5.41, 5.74) is 1.86. The van der Waals surface area contributed by atoms with Gasteiger partial charge in [-0.25, -0.2) is 0 Å². The molecule has 0 aliphatic rings. The van der Waals surface area contributed by atoms with Crippen molar-refractivity contribution in [2.45, 2.75) is 6.61 Å². The highest BCUT2D eigenvalue weighted by atomic mass is 35.5. The van der Waals surface area contributed by atoms with Gasteiger partial charge in [0, 0.05) is 21.8 Å². The number of hydrogen-bond donors (Lipinski definition) is 2. The van der Waals surface area contributed by atoms with Gasteiger partial charge in [-0.15, -0.1) is 0 Å². The van der Waals surface area contributed by atoms with Crippen molar-refractivity contribution >= 4 is 29.1 Å². The number of halogens is 1. The molecule has 7 heteroatoms. The van der Waals surface area contributed by atoms with Crippen molar-refractivity contribution in [2.75, 3.05) is 19.0 Å². The summed E-state index contributed by atoms with van der Waals surface area (Å²) >= 11 is 6.15. The summed E-state index contributed by atoms with van der Waals surface area (Å²) in [4.78, 5) is 24.4. The summed E-state index contributed by atoms with van der Waals surface area (Å²) in [7, 11) is 1.49. The predicted molar refractivity (Wildman–Crippen MR) is 116 cm³/mol. The minimum absolute atomic E-state index is 0.152. The van der Waals surface area contributed by atoms with E-state index in [1.807, 2.05) is 36.4 Å². The molecular formula is C23H21ClN2O4. The molecule has 0 bridgehead atoms. The first-order valence-corrected chi connectivity index (χ1v) is 9.62. The Morgan fingerprint density at radius 1 is 0.933 bits per heavy atom. The van der Waals surface area contributed by atoms with Gasteiger partial charge in [0.1, 0.15) is 6.61 Å². The summed E-state index contributed by atoms with van der Waals surface area (Å²) in [5.74, 6) is 0.176. The number of rotatable bonds is 8. The van der Waals surface area contributed by atoms with Crippen molar-refractivity contribution in [2.24, 2.45) is 0 Å². The average Bonchev–Trinajstić information content (AvgIpc) is 2.77. The summed E-state index contributed by atoms with van der Waals surface area (Å²) < 4.78 is 11.1. The fraction of sp³-hybridized carbons (Fsp3) is 0.130. The Labute approximate surface area is 179 Å². The van der Waals surface area contributed by atoms with Gasteiger partial charge in [-0.2, -0.15) is 0 Å². The van der Waals surface area contributed by atoms with Crippen LogP contribution in [0.2, 0.25) is 5.02 Å². The molecule has 0 aliphatic heterocycles. The van der Waals surface area contributed by atoms with Crippen LogP contribution < -0.4 is 20.1 Å². The maximum absolute atomic E-state index is 12.4. The van der Waals surface area contributed by atoms with Gasteiger partial charge in [-0.1, -0.05) is 48.0 Å². The molecule has 0 saturated heterocycles. The molecule has 3 aromatic rings. The molecule has 0 aliphatic carbocycles. The van der Waals surface area contributed by atoms with Gasteiger partial charge < -0.3 is 20.1 Å². The summed E-state index contributed by atoms with van der Waals surface area (Å²) in [6, 6.07) is 21.2. The molecule has 30 heavy (non-hydrogen) atoms. The van der Waals surface area contributed by atoms with Gasteiger partial charge in [-0.05, 0) is 36.4 Å². The number of ether oxygens (including phenoxy) is 2. The van der Waals surface area contributed by atoms with E-state index in [2.05, 4.69) is 10.6 Å². The molecule has 3 aromatic carbocycles. The lowest BCUT2D eigenvalue weighted by Crippen LogP contribution is -2.32. The van der Waals surface area contributed by atoms with Crippen molar-refractivity contribution in [1.29, 1.82) is 0 Å². The van der Waals surface area contributed by atoms with Gasteiger partial charge in [0.05, 0.1) is 13.7 Å². The number of hydrogen-bond acceptors (Lipinski definition) is 4. The number of carbonyl (C=O) groups excluding carboxylic acids is 2. The molecule has 0 unspecified atom stereocenters. The Morgan fingerprint density at radius 3 is 2.40 bits per heavy atom. The minimum atomic E-state index is -0.394. The zero-order valence-corrected chi connectivity index (χ0v) is 17.1. The smallest absolute Gasteiger partial charge is 0.251 e. The van der Waals surface area contributed by atoms with E-state index in [4.69, 9.17) is 21.1 Å². The van der Waals surface area contributed by atoms with Gasteiger partial charge in [0.2, 0.25) is 5.91 Å². The zero-order chi connectivity index (χ0) is 21.3. The van der Waals surface area contributed by atoms with Crippen LogP contribution in [-0.4, -0.2) is 25.5 Å². The number of anilines is 1. The molecule has 0 aromatic heterocycles. The molecule has 6 nitrogen and oxygen atoms in total. The van der Waals surface area contributed by atoms with E-state index >= 15 is 0 Å². The lowest BCUT2D eigenvalue weighted by molar-refractivity contribution is -0.115. The molecule has 0 radical (unpaired) electrons. The SMILES string of the molecule is COc1cc(C(=O)NCC(=O)Nc2ccccc2)ccc1OCc1ccccc1Cl. The van der Waals surface area contributed by atoms with E-state index in [0.717, 1.165) is 5.56 Å². The van der Waals surface area contributed by atoms with E-state index in [1.54, 1.807) is 36.4 Å². The van der Waals surface area contributed by atoms with Crippen LogP contribution in [0, 0.1) is 0 Å². The van der Waals surface area contributed by atoms with Crippen LogP contribution in [-0.2, 0) is 11.4 Å². The monoisotopic (exact) mass is 424 g/mol. The van der Waals surface area contributed by atoms with E-state index in [9.17, 15) is 9.59 Å². The zero-order valence-electron chi connectivity index (χ0n) is 16.4. The first kappa shape index (κ1) is 21.2. The lowest BCUT2D eigenvalue weighted by atomic mass is 10.2. The number of nitrogens with one attached hydrogen (secondary N) is 2. The van der Waals surface area contributed by atoms with Crippen LogP contribution in [0.25, 0.3) is 0 Å². The van der Waals surface area contributed by atoms with Crippen molar-refractivity contribution < 1.29 is 19.1 Å². The molecule has 0 fully saturated rings. The van der Waals surface area contributed by atoms with Crippen molar-refractivity contribution in [3.63, 3.8) is 0 Å². The van der Waals surface area contributed by atoms with E-state index in [1.165, 1.54) is 7.11 Å². The van der Waals surface area contributed by atoms with Gasteiger partial charge in [0.15, 0.2) is 11.5 Å². The Kier molecular flexibility index (Phi) is 7.29. The molecule has 0 atom stereocenters. The predicted octanol–water partition coefficient (Wildman–Crippen LogP) is 4.30. The molecule has 0 saturated carbocycles. The normalized spacial score (nSPS) is 10.2. The maximum atomic E-state index is 12.4. The number of benzene rings is 3. The van der Waals surface area contributed by atoms with Crippen LogP contribution in [0.1, 0.15) is 15.9 Å². The summed E-state index contributed by atoms with van der Waals surface area (Å²) in [6.07, 6.45) is 0. The fourth-order valence-corrected chi connectivity index (χ4v) is 2.88. The van der Waals surface area contributed by atoms with E-state index in [-0.39, 0.29) is 19.1 Å². The number of carbonyl (C=O) groups is 2. The third-order valence-corrected chi connectivity index (χ3v) is 4.60. The standard InChI is InChI=1S/C23H21ClN2O4/c1-29-21-13-16(11-12-20(21)30-15-17-7-5-6-10-19(17)24)23(28)25-14-22(27)26-18-8-3-2-4-9-18/h2-13H,14-15H2,1H3,(H,25,28)(H,26,27). The highest BCUT2D eigenvalue weighted by molar-refractivity contribution is 6.31. The largest absolute Gasteiger partial charge is 0.493 e.